The predicted octanol–water partition coefficient (Wildman–Crippen LogP) is 2.37. The third-order valence-electron chi connectivity index (χ3n) is 2.04. The van der Waals surface area contributed by atoms with Gasteiger partial charge in [-0.2, -0.15) is 0 Å². The minimum absolute atomic E-state index is 0.521. The standard InChI is InChI=1S/C10H11BrO3/c1-12-6-7-8(11)2-3-9-10(7)14-5-4-13-9/h2-3H,4-6H2,1H3. The molecule has 0 aliphatic carbocycles. The van der Waals surface area contributed by atoms with E-state index in [1.807, 2.05) is 12.1 Å². The smallest absolute Gasteiger partial charge is 0.168 e. The average Bonchev–Trinajstić information content (AvgIpc) is 2.23. The lowest BCUT2D eigenvalue weighted by Crippen LogP contribution is -2.16. The van der Waals surface area contributed by atoms with E-state index in [2.05, 4.69) is 15.9 Å². The van der Waals surface area contributed by atoms with Crippen molar-refractivity contribution in [2.45, 2.75) is 6.61 Å². The van der Waals surface area contributed by atoms with Gasteiger partial charge in [0.25, 0.3) is 0 Å². The molecule has 0 atom stereocenters. The molecule has 0 radical (unpaired) electrons. The van der Waals surface area contributed by atoms with Crippen LogP contribution in [0, 0.1) is 0 Å². The summed E-state index contributed by atoms with van der Waals surface area (Å²) in [5, 5.41) is 0. The summed E-state index contributed by atoms with van der Waals surface area (Å²) in [5.74, 6) is 1.60. The van der Waals surface area contributed by atoms with Crippen LogP contribution in [0.4, 0.5) is 0 Å². The van der Waals surface area contributed by atoms with E-state index in [0.29, 0.717) is 19.8 Å². The summed E-state index contributed by atoms with van der Waals surface area (Å²) >= 11 is 3.46. The number of rotatable bonds is 2. The molecule has 1 aliphatic heterocycles. The van der Waals surface area contributed by atoms with Crippen molar-refractivity contribution in [2.75, 3.05) is 20.3 Å². The molecule has 0 bridgehead atoms. The van der Waals surface area contributed by atoms with Gasteiger partial charge in [-0.1, -0.05) is 15.9 Å². The highest BCUT2D eigenvalue weighted by Crippen LogP contribution is 2.38. The first kappa shape index (κ1) is 9.80. The van der Waals surface area contributed by atoms with Gasteiger partial charge in [-0.15, -0.1) is 0 Å². The fraction of sp³-hybridized carbons (Fsp3) is 0.400. The molecule has 0 unspecified atom stereocenters. The molecule has 1 aliphatic rings. The molecular formula is C10H11BrO3. The molecule has 14 heavy (non-hydrogen) atoms. The molecule has 1 heterocycles. The molecule has 76 valence electrons. The Morgan fingerprint density at radius 1 is 1.36 bits per heavy atom. The number of ether oxygens (including phenoxy) is 3. The van der Waals surface area contributed by atoms with Crippen molar-refractivity contribution in [3.8, 4) is 11.5 Å². The number of methoxy groups -OCH3 is 1. The minimum Gasteiger partial charge on any atom is -0.486 e. The third-order valence-corrected chi connectivity index (χ3v) is 2.79. The molecule has 0 spiro atoms. The van der Waals surface area contributed by atoms with Crippen LogP contribution in [0.5, 0.6) is 11.5 Å². The molecule has 0 N–H and O–H groups in total. The Balaban J connectivity index is 2.43. The first-order valence-electron chi connectivity index (χ1n) is 4.39. The summed E-state index contributed by atoms with van der Waals surface area (Å²) in [4.78, 5) is 0. The lowest BCUT2D eigenvalue weighted by Gasteiger charge is -2.21. The quantitative estimate of drug-likeness (QED) is 0.816. The summed E-state index contributed by atoms with van der Waals surface area (Å²) < 4.78 is 17.1. The first-order valence-corrected chi connectivity index (χ1v) is 5.18. The second kappa shape index (κ2) is 4.19. The molecular weight excluding hydrogens is 248 g/mol. The van der Waals surface area contributed by atoms with Gasteiger partial charge in [-0.3, -0.25) is 0 Å². The van der Waals surface area contributed by atoms with Gasteiger partial charge in [-0.25, -0.2) is 0 Å². The zero-order chi connectivity index (χ0) is 9.97. The number of halogens is 1. The number of fused-ring (bicyclic) bond motifs is 1. The van der Waals surface area contributed by atoms with Crippen molar-refractivity contribution in [3.05, 3.63) is 22.2 Å². The zero-order valence-electron chi connectivity index (χ0n) is 7.88. The number of hydrogen-bond acceptors (Lipinski definition) is 3. The summed E-state index contributed by atoms with van der Waals surface area (Å²) in [5.41, 5.74) is 1.00. The van der Waals surface area contributed by atoms with E-state index in [0.717, 1.165) is 21.5 Å². The van der Waals surface area contributed by atoms with Crippen LogP contribution in [0.25, 0.3) is 0 Å². The van der Waals surface area contributed by atoms with Crippen molar-refractivity contribution >= 4 is 15.9 Å². The monoisotopic (exact) mass is 258 g/mol. The highest BCUT2D eigenvalue weighted by atomic mass is 79.9. The average molecular weight is 259 g/mol. The lowest BCUT2D eigenvalue weighted by atomic mass is 10.2. The van der Waals surface area contributed by atoms with Crippen LogP contribution in [0.1, 0.15) is 5.56 Å². The maximum Gasteiger partial charge on any atom is 0.168 e. The van der Waals surface area contributed by atoms with Crippen molar-refractivity contribution in [3.63, 3.8) is 0 Å². The second-order valence-electron chi connectivity index (χ2n) is 2.98. The summed E-state index contributed by atoms with van der Waals surface area (Å²) in [6.45, 7) is 1.73. The molecule has 0 amide bonds. The molecule has 1 aromatic rings. The van der Waals surface area contributed by atoms with Crippen LogP contribution in [-0.2, 0) is 11.3 Å². The van der Waals surface area contributed by atoms with Gasteiger partial charge in [0.15, 0.2) is 11.5 Å². The van der Waals surface area contributed by atoms with E-state index in [1.165, 1.54) is 0 Å². The fourth-order valence-corrected chi connectivity index (χ4v) is 1.86. The van der Waals surface area contributed by atoms with Gasteiger partial charge >= 0.3 is 0 Å². The molecule has 3 nitrogen and oxygen atoms in total. The summed E-state index contributed by atoms with van der Waals surface area (Å²) in [6, 6.07) is 3.85. The van der Waals surface area contributed by atoms with E-state index in [-0.39, 0.29) is 0 Å². The Morgan fingerprint density at radius 3 is 2.93 bits per heavy atom. The van der Waals surface area contributed by atoms with Gasteiger partial charge in [-0.05, 0) is 12.1 Å². The Kier molecular flexibility index (Phi) is 2.93. The normalized spacial score (nSPS) is 14.1. The Labute approximate surface area is 91.1 Å². The molecule has 0 aromatic heterocycles. The van der Waals surface area contributed by atoms with E-state index in [4.69, 9.17) is 14.2 Å². The Hall–Kier alpha value is -0.740. The van der Waals surface area contributed by atoms with E-state index in [9.17, 15) is 0 Å². The van der Waals surface area contributed by atoms with E-state index < -0.39 is 0 Å². The number of benzene rings is 1. The van der Waals surface area contributed by atoms with Crippen LogP contribution in [-0.4, -0.2) is 20.3 Å². The Bertz CT molecular complexity index is 338. The van der Waals surface area contributed by atoms with Gasteiger partial charge in [0.2, 0.25) is 0 Å². The van der Waals surface area contributed by atoms with Crippen molar-refractivity contribution in [1.82, 2.24) is 0 Å². The third kappa shape index (κ3) is 1.72. The van der Waals surface area contributed by atoms with Crippen molar-refractivity contribution in [1.29, 1.82) is 0 Å². The minimum atomic E-state index is 0.521. The van der Waals surface area contributed by atoms with Crippen molar-refractivity contribution in [2.24, 2.45) is 0 Å². The number of hydrogen-bond donors (Lipinski definition) is 0. The van der Waals surface area contributed by atoms with Crippen LogP contribution >= 0.6 is 15.9 Å². The largest absolute Gasteiger partial charge is 0.486 e. The maximum absolute atomic E-state index is 5.55. The highest BCUT2D eigenvalue weighted by molar-refractivity contribution is 9.10. The second-order valence-corrected chi connectivity index (χ2v) is 3.84. The zero-order valence-corrected chi connectivity index (χ0v) is 9.46. The van der Waals surface area contributed by atoms with E-state index >= 15 is 0 Å². The summed E-state index contributed by atoms with van der Waals surface area (Å²) in [7, 11) is 1.66. The molecule has 0 saturated heterocycles. The SMILES string of the molecule is COCc1c(Br)ccc2c1OCCO2. The molecule has 0 saturated carbocycles. The maximum atomic E-state index is 5.55. The van der Waals surface area contributed by atoms with Gasteiger partial charge in [0, 0.05) is 17.1 Å². The van der Waals surface area contributed by atoms with Gasteiger partial charge < -0.3 is 14.2 Å². The molecule has 4 heteroatoms. The van der Waals surface area contributed by atoms with Gasteiger partial charge in [0.05, 0.1) is 6.61 Å². The Morgan fingerprint density at radius 2 is 2.14 bits per heavy atom. The van der Waals surface area contributed by atoms with E-state index in [1.54, 1.807) is 7.11 Å². The van der Waals surface area contributed by atoms with Crippen LogP contribution in [0.15, 0.2) is 16.6 Å². The van der Waals surface area contributed by atoms with Crippen LogP contribution < -0.4 is 9.47 Å². The van der Waals surface area contributed by atoms with Crippen LogP contribution in [0.2, 0.25) is 0 Å². The van der Waals surface area contributed by atoms with Crippen LogP contribution in [0.3, 0.4) is 0 Å². The predicted molar refractivity (Wildman–Crippen MR) is 55.8 cm³/mol. The van der Waals surface area contributed by atoms with Gasteiger partial charge in [0.1, 0.15) is 13.2 Å². The molecule has 1 aromatic carbocycles. The molecule has 0 fully saturated rings. The van der Waals surface area contributed by atoms with Crippen molar-refractivity contribution < 1.29 is 14.2 Å². The fourth-order valence-electron chi connectivity index (χ4n) is 1.43. The lowest BCUT2D eigenvalue weighted by molar-refractivity contribution is 0.152. The molecule has 2 rings (SSSR count). The summed E-state index contributed by atoms with van der Waals surface area (Å²) in [6.07, 6.45) is 0. The highest BCUT2D eigenvalue weighted by Gasteiger charge is 2.17. The topological polar surface area (TPSA) is 27.7 Å². The first-order chi connectivity index (χ1) is 6.83.